The van der Waals surface area contributed by atoms with Crippen molar-refractivity contribution in [3.05, 3.63) is 36.0 Å². The first-order valence-corrected chi connectivity index (χ1v) is 13.2. The van der Waals surface area contributed by atoms with Crippen LogP contribution in [0.1, 0.15) is 74.1 Å². The number of aliphatic hydroxyl groups is 1. The summed E-state index contributed by atoms with van der Waals surface area (Å²) in [5.41, 5.74) is -0.0572. The summed E-state index contributed by atoms with van der Waals surface area (Å²) in [6.07, 6.45) is 3.89. The van der Waals surface area contributed by atoms with E-state index in [0.717, 1.165) is 5.57 Å². The normalized spacial score (nSPS) is 37.9. The molecule has 1 saturated carbocycles. The van der Waals surface area contributed by atoms with Gasteiger partial charge in [-0.05, 0) is 55.9 Å². The summed E-state index contributed by atoms with van der Waals surface area (Å²) < 4.78 is 23.2. The standard InChI is InChI=1S/C29H42O8/c1-9-16(3)11-12-28(8)18(5)13-24(32)29-22(26(34-19(6)30)37-27(29)35-20(7)31)14-21(15-23(28)29)36-25(33)17(4)10-2/h9,11,14,17-18,21,23-24,26-27,32H,1,10,12-13,15H2,2-8H3/b16-11+/t17?,18-,21-,23+,24+,26+,27-,28-,29+/m1/s1. The second-order valence-electron chi connectivity index (χ2n) is 11.2. The fourth-order valence-electron chi connectivity index (χ4n) is 6.30. The highest BCUT2D eigenvalue weighted by Gasteiger charge is 2.71. The van der Waals surface area contributed by atoms with Crippen molar-refractivity contribution in [1.29, 1.82) is 0 Å². The largest absolute Gasteiger partial charge is 0.458 e. The van der Waals surface area contributed by atoms with E-state index in [2.05, 4.69) is 26.5 Å². The minimum atomic E-state index is -1.17. The predicted molar refractivity (Wildman–Crippen MR) is 137 cm³/mol. The van der Waals surface area contributed by atoms with Crippen LogP contribution in [0.15, 0.2) is 36.0 Å². The number of aliphatic hydroxyl groups excluding tert-OH is 1. The van der Waals surface area contributed by atoms with E-state index in [1.165, 1.54) is 13.8 Å². The van der Waals surface area contributed by atoms with Crippen LogP contribution in [0.25, 0.3) is 0 Å². The molecule has 3 rings (SSSR count). The third kappa shape index (κ3) is 5.28. The molecule has 0 aromatic rings. The topological polar surface area (TPSA) is 108 Å². The second-order valence-corrected chi connectivity index (χ2v) is 11.2. The molecule has 3 aliphatic rings. The minimum Gasteiger partial charge on any atom is -0.458 e. The molecule has 1 N–H and O–H groups in total. The summed E-state index contributed by atoms with van der Waals surface area (Å²) in [7, 11) is 0. The van der Waals surface area contributed by atoms with E-state index in [0.29, 0.717) is 31.3 Å². The highest BCUT2D eigenvalue weighted by atomic mass is 16.8. The van der Waals surface area contributed by atoms with Crippen LogP contribution in [0.5, 0.6) is 0 Å². The molecule has 0 amide bonds. The lowest BCUT2D eigenvalue weighted by atomic mass is 9.45. The molecule has 2 aliphatic carbocycles. The molecule has 2 fully saturated rings. The first kappa shape index (κ1) is 29.1. The Balaban J connectivity index is 2.21. The van der Waals surface area contributed by atoms with Crippen molar-refractivity contribution in [3.8, 4) is 0 Å². The average molecular weight is 519 g/mol. The molecule has 0 bridgehead atoms. The molecular weight excluding hydrogens is 476 g/mol. The van der Waals surface area contributed by atoms with Gasteiger partial charge < -0.3 is 19.3 Å². The molecule has 206 valence electrons. The zero-order chi connectivity index (χ0) is 27.7. The van der Waals surface area contributed by atoms with Gasteiger partial charge in [-0.25, -0.2) is 0 Å². The number of carbonyl (C=O) groups is 3. The Morgan fingerprint density at radius 1 is 1.19 bits per heavy atom. The van der Waals surface area contributed by atoms with Crippen LogP contribution in [0.4, 0.5) is 0 Å². The summed E-state index contributed by atoms with van der Waals surface area (Å²) in [5, 5.41) is 11.7. The lowest BCUT2D eigenvalue weighted by Crippen LogP contribution is -2.63. The van der Waals surface area contributed by atoms with Gasteiger partial charge in [-0.15, -0.1) is 0 Å². The molecule has 1 aliphatic heterocycles. The van der Waals surface area contributed by atoms with Gasteiger partial charge in [0.25, 0.3) is 0 Å². The summed E-state index contributed by atoms with van der Waals surface area (Å²) in [4.78, 5) is 37.0. The fraction of sp³-hybridized carbons (Fsp3) is 0.690. The highest BCUT2D eigenvalue weighted by Crippen LogP contribution is 2.67. The van der Waals surface area contributed by atoms with E-state index in [1.807, 2.05) is 20.8 Å². The number of carbonyl (C=O) groups excluding carboxylic acids is 3. The average Bonchev–Trinajstić information content (AvgIpc) is 3.12. The Morgan fingerprint density at radius 3 is 2.41 bits per heavy atom. The van der Waals surface area contributed by atoms with Crippen LogP contribution in [0.2, 0.25) is 0 Å². The number of esters is 3. The van der Waals surface area contributed by atoms with Gasteiger partial charge in [-0.2, -0.15) is 0 Å². The second kappa shape index (κ2) is 11.1. The first-order chi connectivity index (χ1) is 17.3. The van der Waals surface area contributed by atoms with Gasteiger partial charge in [-0.3, -0.25) is 19.1 Å². The van der Waals surface area contributed by atoms with Crippen LogP contribution in [0.3, 0.4) is 0 Å². The summed E-state index contributed by atoms with van der Waals surface area (Å²) in [5.74, 6) is -1.99. The zero-order valence-corrected chi connectivity index (χ0v) is 23.1. The van der Waals surface area contributed by atoms with E-state index in [4.69, 9.17) is 18.9 Å². The van der Waals surface area contributed by atoms with Crippen molar-refractivity contribution in [2.45, 2.75) is 98.9 Å². The quantitative estimate of drug-likeness (QED) is 0.215. The van der Waals surface area contributed by atoms with Crippen LogP contribution in [-0.4, -0.2) is 47.8 Å². The van der Waals surface area contributed by atoms with E-state index in [-0.39, 0.29) is 23.7 Å². The number of allylic oxidation sites excluding steroid dienone is 3. The highest BCUT2D eigenvalue weighted by molar-refractivity contribution is 5.72. The molecule has 0 aromatic heterocycles. The van der Waals surface area contributed by atoms with Crippen molar-refractivity contribution in [2.24, 2.45) is 28.6 Å². The van der Waals surface area contributed by atoms with Crippen LogP contribution in [-0.2, 0) is 33.3 Å². The minimum absolute atomic E-state index is 0.0722. The van der Waals surface area contributed by atoms with Gasteiger partial charge in [0, 0.05) is 19.4 Å². The van der Waals surface area contributed by atoms with E-state index in [9.17, 15) is 19.5 Å². The Bertz CT molecular complexity index is 982. The maximum absolute atomic E-state index is 12.8. The van der Waals surface area contributed by atoms with Gasteiger partial charge in [0.1, 0.15) is 6.10 Å². The summed E-state index contributed by atoms with van der Waals surface area (Å²) in [6, 6.07) is 0. The summed E-state index contributed by atoms with van der Waals surface area (Å²) >= 11 is 0. The van der Waals surface area contributed by atoms with E-state index in [1.54, 1.807) is 12.2 Å². The van der Waals surface area contributed by atoms with Gasteiger partial charge in [0.15, 0.2) is 0 Å². The lowest BCUT2D eigenvalue weighted by Gasteiger charge is -2.60. The Hall–Kier alpha value is -2.45. The third-order valence-electron chi connectivity index (χ3n) is 8.87. The van der Waals surface area contributed by atoms with Crippen LogP contribution >= 0.6 is 0 Å². The van der Waals surface area contributed by atoms with Crippen LogP contribution in [0, 0.1) is 28.6 Å². The maximum Gasteiger partial charge on any atom is 0.309 e. The number of hydrogen-bond donors (Lipinski definition) is 1. The maximum atomic E-state index is 12.8. The number of rotatable bonds is 8. The van der Waals surface area contributed by atoms with Crippen molar-refractivity contribution >= 4 is 17.9 Å². The smallest absolute Gasteiger partial charge is 0.309 e. The van der Waals surface area contributed by atoms with Gasteiger partial charge in [0.2, 0.25) is 12.6 Å². The zero-order valence-electron chi connectivity index (χ0n) is 23.1. The van der Waals surface area contributed by atoms with Gasteiger partial charge in [-0.1, -0.05) is 52.0 Å². The van der Waals surface area contributed by atoms with Crippen molar-refractivity contribution in [1.82, 2.24) is 0 Å². The third-order valence-corrected chi connectivity index (χ3v) is 8.87. The number of ether oxygens (including phenoxy) is 4. The van der Waals surface area contributed by atoms with Crippen LogP contribution < -0.4 is 0 Å². The van der Waals surface area contributed by atoms with E-state index >= 15 is 0 Å². The van der Waals surface area contributed by atoms with Gasteiger partial charge >= 0.3 is 17.9 Å². The first-order valence-electron chi connectivity index (χ1n) is 13.2. The molecule has 8 nitrogen and oxygen atoms in total. The lowest BCUT2D eigenvalue weighted by molar-refractivity contribution is -0.254. The van der Waals surface area contributed by atoms with Crippen molar-refractivity contribution < 1.29 is 38.4 Å². The molecule has 1 unspecified atom stereocenters. The Morgan fingerprint density at radius 2 is 1.84 bits per heavy atom. The monoisotopic (exact) mass is 518 g/mol. The number of hydrogen-bond acceptors (Lipinski definition) is 8. The molecule has 37 heavy (non-hydrogen) atoms. The molecule has 1 heterocycles. The van der Waals surface area contributed by atoms with Gasteiger partial charge in [0.05, 0.1) is 17.4 Å². The summed E-state index contributed by atoms with van der Waals surface area (Å²) in [6.45, 7) is 16.4. The Kier molecular flexibility index (Phi) is 8.75. The molecule has 1 spiro atoms. The van der Waals surface area contributed by atoms with Crippen molar-refractivity contribution in [3.63, 3.8) is 0 Å². The molecule has 1 saturated heterocycles. The molecular formula is C29H42O8. The van der Waals surface area contributed by atoms with E-state index < -0.39 is 47.6 Å². The molecule has 0 radical (unpaired) electrons. The molecule has 8 heteroatoms. The Labute approximate surface area is 220 Å². The molecule has 0 aromatic carbocycles. The fourth-order valence-corrected chi connectivity index (χ4v) is 6.30. The SMILES string of the molecule is C=C/C(C)=C/C[C@]1(C)[C@H](C)C[C@H](O)[C@]23C(=C[C@@H](OC(=O)C(C)CC)C[C@@H]12)[C@@H](OC(C)=O)O[C@H]3OC(C)=O. The predicted octanol–water partition coefficient (Wildman–Crippen LogP) is 4.62. The molecule has 9 atom stereocenters. The van der Waals surface area contributed by atoms with Crippen molar-refractivity contribution in [2.75, 3.05) is 0 Å².